The van der Waals surface area contributed by atoms with Gasteiger partial charge in [-0.3, -0.25) is 0 Å². The van der Waals surface area contributed by atoms with E-state index in [4.69, 9.17) is 4.42 Å². The molecule has 0 aromatic carbocycles. The number of hydrogen-bond acceptors (Lipinski definition) is 5. The first-order valence-corrected chi connectivity index (χ1v) is 4.26. The van der Waals surface area contributed by atoms with Gasteiger partial charge in [0.15, 0.2) is 11.5 Å². The molecule has 2 heterocycles. The third-order valence-corrected chi connectivity index (χ3v) is 2.05. The van der Waals surface area contributed by atoms with Gasteiger partial charge in [0.05, 0.1) is 6.20 Å². The molecule has 1 unspecified atom stereocenters. The van der Waals surface area contributed by atoms with E-state index in [1.807, 2.05) is 0 Å². The van der Waals surface area contributed by atoms with Gasteiger partial charge in [0, 0.05) is 5.92 Å². The molecule has 0 aliphatic rings. The van der Waals surface area contributed by atoms with Crippen LogP contribution in [0, 0.1) is 0 Å². The van der Waals surface area contributed by atoms with Gasteiger partial charge in [-0.05, 0) is 11.6 Å². The summed E-state index contributed by atoms with van der Waals surface area (Å²) in [6.07, 6.45) is 2.52. The Balaban J connectivity index is 2.49. The molecule has 0 amide bonds. The predicted octanol–water partition coefficient (Wildman–Crippen LogP) is 1.53. The van der Waals surface area contributed by atoms with Gasteiger partial charge in [-0.2, -0.15) is 4.98 Å². The first-order chi connectivity index (χ1) is 6.31. The molecule has 2 aromatic heterocycles. The molecule has 0 bridgehead atoms. The molecule has 68 valence electrons. The van der Waals surface area contributed by atoms with Crippen LogP contribution in [0.25, 0.3) is 11.2 Å². The van der Waals surface area contributed by atoms with Gasteiger partial charge in [0.2, 0.25) is 5.65 Å². The normalized spacial score (nSPS) is 13.4. The fourth-order valence-electron chi connectivity index (χ4n) is 1.03. The summed E-state index contributed by atoms with van der Waals surface area (Å²) in [5.74, 6) is 1.02. The molecule has 2 rings (SSSR count). The standard InChI is InChI=1S/C8H10N4O/c1-3-5(2)8-10-7-6(13-8)4-9-12-11-7/h4-5H,3H2,1-2H3. The fourth-order valence-corrected chi connectivity index (χ4v) is 1.03. The van der Waals surface area contributed by atoms with E-state index in [0.717, 1.165) is 6.42 Å². The minimum atomic E-state index is 0.314. The molecule has 1 atom stereocenters. The number of rotatable bonds is 2. The molecule has 0 saturated heterocycles. The number of hydrogen-bond donors (Lipinski definition) is 0. The molecule has 0 saturated carbocycles. The summed E-state index contributed by atoms with van der Waals surface area (Å²) in [4.78, 5) is 4.20. The van der Waals surface area contributed by atoms with Gasteiger partial charge in [-0.15, -0.1) is 10.2 Å². The van der Waals surface area contributed by atoms with Crippen molar-refractivity contribution in [2.45, 2.75) is 26.2 Å². The molecule has 2 aromatic rings. The van der Waals surface area contributed by atoms with E-state index in [2.05, 4.69) is 34.2 Å². The Morgan fingerprint density at radius 3 is 3.08 bits per heavy atom. The zero-order valence-electron chi connectivity index (χ0n) is 7.56. The highest BCUT2D eigenvalue weighted by molar-refractivity contribution is 5.65. The highest BCUT2D eigenvalue weighted by atomic mass is 16.3. The van der Waals surface area contributed by atoms with Crippen molar-refractivity contribution in [3.8, 4) is 0 Å². The van der Waals surface area contributed by atoms with Crippen LogP contribution in [0.1, 0.15) is 32.1 Å². The minimum Gasteiger partial charge on any atom is -0.437 e. The molecule has 0 N–H and O–H groups in total. The average Bonchev–Trinajstić information content (AvgIpc) is 2.59. The van der Waals surface area contributed by atoms with Crippen LogP contribution in [0.5, 0.6) is 0 Å². The lowest BCUT2D eigenvalue weighted by Gasteiger charge is -1.99. The Morgan fingerprint density at radius 2 is 2.38 bits per heavy atom. The second kappa shape index (κ2) is 3.08. The number of nitrogens with zero attached hydrogens (tertiary/aromatic N) is 4. The van der Waals surface area contributed by atoms with E-state index < -0.39 is 0 Å². The zero-order valence-corrected chi connectivity index (χ0v) is 7.56. The number of fused-ring (bicyclic) bond motifs is 1. The lowest BCUT2D eigenvalue weighted by molar-refractivity contribution is 0.478. The molecular weight excluding hydrogens is 168 g/mol. The molecule has 5 heteroatoms. The van der Waals surface area contributed by atoms with Crippen LogP contribution in [-0.4, -0.2) is 20.4 Å². The second-order valence-electron chi connectivity index (χ2n) is 2.98. The van der Waals surface area contributed by atoms with Gasteiger partial charge in [0.25, 0.3) is 0 Å². The Hall–Kier alpha value is -1.52. The molecule has 13 heavy (non-hydrogen) atoms. The first kappa shape index (κ1) is 8.10. The van der Waals surface area contributed by atoms with E-state index >= 15 is 0 Å². The highest BCUT2D eigenvalue weighted by Gasteiger charge is 2.12. The summed E-state index contributed by atoms with van der Waals surface area (Å²) in [5, 5.41) is 10.9. The second-order valence-corrected chi connectivity index (χ2v) is 2.98. The summed E-state index contributed by atoms with van der Waals surface area (Å²) in [6, 6.07) is 0. The van der Waals surface area contributed by atoms with E-state index in [1.54, 1.807) is 0 Å². The van der Waals surface area contributed by atoms with Crippen molar-refractivity contribution >= 4 is 11.2 Å². The van der Waals surface area contributed by atoms with Crippen molar-refractivity contribution in [1.29, 1.82) is 0 Å². The quantitative estimate of drug-likeness (QED) is 0.697. The Kier molecular flexibility index (Phi) is 1.92. The summed E-state index contributed by atoms with van der Waals surface area (Å²) < 4.78 is 5.44. The molecule has 0 radical (unpaired) electrons. The van der Waals surface area contributed by atoms with Gasteiger partial charge in [-0.25, -0.2) is 0 Å². The summed E-state index contributed by atoms with van der Waals surface area (Å²) >= 11 is 0. The first-order valence-electron chi connectivity index (χ1n) is 4.26. The topological polar surface area (TPSA) is 64.7 Å². The molecule has 5 nitrogen and oxygen atoms in total. The molecule has 0 fully saturated rings. The lowest BCUT2D eigenvalue weighted by Crippen LogP contribution is -1.90. The number of oxazole rings is 1. The average molecular weight is 178 g/mol. The van der Waals surface area contributed by atoms with Gasteiger partial charge in [0.1, 0.15) is 0 Å². The van der Waals surface area contributed by atoms with Gasteiger partial charge >= 0.3 is 0 Å². The van der Waals surface area contributed by atoms with Crippen molar-refractivity contribution in [1.82, 2.24) is 20.4 Å². The minimum absolute atomic E-state index is 0.314. The van der Waals surface area contributed by atoms with E-state index in [0.29, 0.717) is 23.0 Å². The van der Waals surface area contributed by atoms with Crippen molar-refractivity contribution in [2.24, 2.45) is 0 Å². The Bertz CT molecular complexity index is 378. The monoisotopic (exact) mass is 178 g/mol. The van der Waals surface area contributed by atoms with Crippen LogP contribution in [0.2, 0.25) is 0 Å². The maximum Gasteiger partial charge on any atom is 0.224 e. The maximum absolute atomic E-state index is 5.44. The molecule has 0 spiro atoms. The highest BCUT2D eigenvalue weighted by Crippen LogP contribution is 2.20. The van der Waals surface area contributed by atoms with Crippen molar-refractivity contribution in [3.63, 3.8) is 0 Å². The van der Waals surface area contributed by atoms with Crippen molar-refractivity contribution < 1.29 is 4.42 Å². The molecule has 0 aliphatic heterocycles. The lowest BCUT2D eigenvalue weighted by atomic mass is 10.1. The van der Waals surface area contributed by atoms with Crippen molar-refractivity contribution in [2.75, 3.05) is 0 Å². The van der Waals surface area contributed by atoms with Crippen LogP contribution in [0.3, 0.4) is 0 Å². The predicted molar refractivity (Wildman–Crippen MR) is 46.1 cm³/mol. The SMILES string of the molecule is CCC(C)c1nc2nnncc2o1. The fraction of sp³-hybridized carbons (Fsp3) is 0.500. The number of aromatic nitrogens is 4. The van der Waals surface area contributed by atoms with Crippen LogP contribution >= 0.6 is 0 Å². The molecule has 0 aliphatic carbocycles. The third kappa shape index (κ3) is 1.37. The van der Waals surface area contributed by atoms with E-state index in [9.17, 15) is 0 Å². The molecular formula is C8H10N4O. The summed E-state index contributed by atoms with van der Waals surface area (Å²) in [7, 11) is 0. The Morgan fingerprint density at radius 1 is 1.54 bits per heavy atom. The van der Waals surface area contributed by atoms with Gasteiger partial charge < -0.3 is 4.42 Å². The van der Waals surface area contributed by atoms with Crippen LogP contribution in [-0.2, 0) is 0 Å². The van der Waals surface area contributed by atoms with Crippen LogP contribution in [0.15, 0.2) is 10.6 Å². The van der Waals surface area contributed by atoms with Crippen molar-refractivity contribution in [3.05, 3.63) is 12.1 Å². The smallest absolute Gasteiger partial charge is 0.224 e. The largest absolute Gasteiger partial charge is 0.437 e. The third-order valence-electron chi connectivity index (χ3n) is 2.05. The zero-order chi connectivity index (χ0) is 9.26. The van der Waals surface area contributed by atoms with Gasteiger partial charge in [-0.1, -0.05) is 13.8 Å². The van der Waals surface area contributed by atoms with E-state index in [1.165, 1.54) is 6.20 Å². The summed E-state index contributed by atoms with van der Waals surface area (Å²) in [5.41, 5.74) is 1.13. The maximum atomic E-state index is 5.44. The van der Waals surface area contributed by atoms with E-state index in [-0.39, 0.29) is 0 Å². The van der Waals surface area contributed by atoms with Crippen LogP contribution in [0.4, 0.5) is 0 Å². The van der Waals surface area contributed by atoms with Crippen LogP contribution < -0.4 is 0 Å². The Labute approximate surface area is 75.2 Å². The summed E-state index contributed by atoms with van der Waals surface area (Å²) in [6.45, 7) is 4.15.